The second-order valence-electron chi connectivity index (χ2n) is 12.2. The van der Waals surface area contributed by atoms with Gasteiger partial charge in [-0.05, 0) is 81.8 Å². The quantitative estimate of drug-likeness (QED) is 0.578. The van der Waals surface area contributed by atoms with Crippen LogP contribution in [-0.4, -0.2) is 88.6 Å². The van der Waals surface area contributed by atoms with Gasteiger partial charge < -0.3 is 14.8 Å². The number of amides is 1. The van der Waals surface area contributed by atoms with Crippen LogP contribution in [-0.2, 0) is 12.8 Å². The predicted octanol–water partition coefficient (Wildman–Crippen LogP) is 4.17. The number of carbonyl (C=O) groups is 1. The van der Waals surface area contributed by atoms with Crippen LogP contribution < -0.4 is 0 Å². The topological polar surface area (TPSA) is 71.3 Å². The molecule has 7 heteroatoms. The summed E-state index contributed by atoms with van der Waals surface area (Å²) in [7, 11) is 2.22. The number of nitrogens with one attached hydrogen (secondary N) is 2. The first-order chi connectivity index (χ1) is 17.3. The Labute approximate surface area is 214 Å². The average molecular weight is 489 g/mol. The first-order valence-corrected chi connectivity index (χ1v) is 13.7. The number of piperidine rings is 1. The predicted molar refractivity (Wildman–Crippen MR) is 144 cm³/mol. The molecule has 7 nitrogen and oxygen atoms in total. The molecule has 1 aliphatic carbocycles. The van der Waals surface area contributed by atoms with Crippen molar-refractivity contribution in [3.63, 3.8) is 0 Å². The van der Waals surface area contributed by atoms with Crippen LogP contribution in [0.1, 0.15) is 54.7 Å². The fourth-order valence-corrected chi connectivity index (χ4v) is 6.38. The number of aromatic nitrogens is 3. The van der Waals surface area contributed by atoms with Crippen molar-refractivity contribution in [1.82, 2.24) is 29.9 Å². The molecule has 0 saturated carbocycles. The van der Waals surface area contributed by atoms with Crippen molar-refractivity contribution < 1.29 is 4.79 Å². The van der Waals surface area contributed by atoms with Gasteiger partial charge in [-0.3, -0.25) is 14.8 Å². The van der Waals surface area contributed by atoms with Crippen LogP contribution in [0.2, 0.25) is 0 Å². The highest BCUT2D eigenvalue weighted by Crippen LogP contribution is 2.38. The van der Waals surface area contributed by atoms with E-state index in [1.165, 1.54) is 50.2 Å². The maximum atomic E-state index is 13.3. The van der Waals surface area contributed by atoms with Crippen molar-refractivity contribution >= 4 is 16.8 Å². The molecule has 3 aromatic rings. The van der Waals surface area contributed by atoms with Crippen LogP contribution in [0.3, 0.4) is 0 Å². The molecule has 2 N–H and O–H groups in total. The Hall–Kier alpha value is -2.64. The molecule has 2 fully saturated rings. The molecular formula is C29H40N6O. The Morgan fingerprint density at radius 3 is 2.64 bits per heavy atom. The van der Waals surface area contributed by atoms with E-state index in [1.807, 2.05) is 17.0 Å². The molecule has 0 bridgehead atoms. The molecule has 0 spiro atoms. The maximum absolute atomic E-state index is 13.3. The number of H-pyrrole nitrogens is 2. The summed E-state index contributed by atoms with van der Waals surface area (Å²) in [4.78, 5) is 23.9. The highest BCUT2D eigenvalue weighted by Gasteiger charge is 2.30. The summed E-state index contributed by atoms with van der Waals surface area (Å²) in [5.41, 5.74) is 6.78. The minimum Gasteiger partial charge on any atom is -0.353 e. The molecule has 3 aliphatic rings. The van der Waals surface area contributed by atoms with Crippen molar-refractivity contribution in [2.75, 3.05) is 52.9 Å². The zero-order valence-corrected chi connectivity index (χ0v) is 22.1. The number of nitrogens with zero attached hydrogens (tertiary/aromatic N) is 4. The molecule has 4 heterocycles. The lowest BCUT2D eigenvalue weighted by atomic mass is 9.76. The summed E-state index contributed by atoms with van der Waals surface area (Å²) in [5, 5.41) is 9.09. The van der Waals surface area contributed by atoms with Crippen molar-refractivity contribution in [3.8, 4) is 11.4 Å². The molecule has 6 rings (SSSR count). The summed E-state index contributed by atoms with van der Waals surface area (Å²) in [5.74, 6) is 0.950. The van der Waals surface area contributed by atoms with Crippen molar-refractivity contribution in [1.29, 1.82) is 0 Å². The smallest absolute Gasteiger partial charge is 0.254 e. The van der Waals surface area contributed by atoms with Crippen molar-refractivity contribution in [2.45, 2.75) is 46.0 Å². The number of fused-ring (bicyclic) bond motifs is 2. The first kappa shape index (κ1) is 23.7. The Kier molecular flexibility index (Phi) is 6.16. The molecule has 1 amide bonds. The van der Waals surface area contributed by atoms with E-state index < -0.39 is 0 Å². The van der Waals surface area contributed by atoms with Gasteiger partial charge in [-0.25, -0.2) is 0 Å². The van der Waals surface area contributed by atoms with E-state index in [9.17, 15) is 4.79 Å². The third kappa shape index (κ3) is 4.71. The van der Waals surface area contributed by atoms with Gasteiger partial charge in [0.15, 0.2) is 0 Å². The summed E-state index contributed by atoms with van der Waals surface area (Å²) in [6, 6.07) is 8.24. The lowest BCUT2D eigenvalue weighted by Gasteiger charge is -2.38. The Morgan fingerprint density at radius 2 is 1.86 bits per heavy atom. The van der Waals surface area contributed by atoms with Crippen LogP contribution in [0.4, 0.5) is 0 Å². The third-order valence-electron chi connectivity index (χ3n) is 8.80. The molecule has 2 saturated heterocycles. The fraction of sp³-hybridized carbons (Fsp3) is 0.586. The highest BCUT2D eigenvalue weighted by atomic mass is 16.2. The van der Waals surface area contributed by atoms with Gasteiger partial charge in [0, 0.05) is 60.4 Å². The molecule has 0 atom stereocenters. The molecular weight excluding hydrogens is 448 g/mol. The molecule has 36 heavy (non-hydrogen) atoms. The largest absolute Gasteiger partial charge is 0.353 e. The molecule has 0 unspecified atom stereocenters. The van der Waals surface area contributed by atoms with E-state index in [2.05, 4.69) is 58.0 Å². The number of hydrogen-bond donors (Lipinski definition) is 2. The molecule has 2 aliphatic heterocycles. The number of benzene rings is 1. The van der Waals surface area contributed by atoms with Crippen LogP contribution in [0.25, 0.3) is 22.3 Å². The number of rotatable bonds is 4. The van der Waals surface area contributed by atoms with Gasteiger partial charge in [0.1, 0.15) is 5.69 Å². The molecule has 1 aromatic carbocycles. The van der Waals surface area contributed by atoms with Crippen LogP contribution in [0.15, 0.2) is 24.3 Å². The zero-order valence-electron chi connectivity index (χ0n) is 22.1. The van der Waals surface area contributed by atoms with E-state index in [4.69, 9.17) is 0 Å². The summed E-state index contributed by atoms with van der Waals surface area (Å²) in [6.07, 6.45) is 5.87. The van der Waals surface area contributed by atoms with Crippen LogP contribution in [0.5, 0.6) is 0 Å². The first-order valence-electron chi connectivity index (χ1n) is 13.7. The van der Waals surface area contributed by atoms with Crippen LogP contribution in [0, 0.1) is 11.3 Å². The zero-order chi connectivity index (χ0) is 24.9. The number of likely N-dealkylation sites (tertiary alicyclic amines) is 1. The Balaban J connectivity index is 1.12. The number of piperazine rings is 1. The third-order valence-corrected chi connectivity index (χ3v) is 8.80. The lowest BCUT2D eigenvalue weighted by Crippen LogP contribution is -2.50. The minimum absolute atomic E-state index is 0.145. The second kappa shape index (κ2) is 9.34. The van der Waals surface area contributed by atoms with E-state index >= 15 is 0 Å². The maximum Gasteiger partial charge on any atom is 0.254 e. The summed E-state index contributed by atoms with van der Waals surface area (Å²) < 4.78 is 0. The van der Waals surface area contributed by atoms with E-state index in [-0.39, 0.29) is 5.91 Å². The van der Waals surface area contributed by atoms with Gasteiger partial charge >= 0.3 is 0 Å². The van der Waals surface area contributed by atoms with Crippen molar-refractivity contribution in [2.24, 2.45) is 11.3 Å². The summed E-state index contributed by atoms with van der Waals surface area (Å²) >= 11 is 0. The van der Waals surface area contributed by atoms with Gasteiger partial charge in [0.25, 0.3) is 5.91 Å². The van der Waals surface area contributed by atoms with Gasteiger partial charge in [-0.1, -0.05) is 19.9 Å². The average Bonchev–Trinajstić information content (AvgIpc) is 3.47. The molecule has 2 aromatic heterocycles. The monoisotopic (exact) mass is 488 g/mol. The van der Waals surface area contributed by atoms with Gasteiger partial charge in [0.05, 0.1) is 5.69 Å². The molecule has 0 radical (unpaired) electrons. The highest BCUT2D eigenvalue weighted by molar-refractivity contribution is 5.99. The van der Waals surface area contributed by atoms with Gasteiger partial charge in [-0.2, -0.15) is 5.10 Å². The Bertz CT molecular complexity index is 1240. The molecule has 192 valence electrons. The standard InChI is InChI=1S/C29H40N6O/c1-29(2)9-6-23-26(18-29)31-32-27(23)25-16-21-4-5-22(17-24(21)30-25)28(36)35-14-12-34(13-15-35)19-20-7-10-33(3)11-8-20/h4-5,16-17,20,30H,6-15,18-19H2,1-3H3,(H,31,32). The summed E-state index contributed by atoms with van der Waals surface area (Å²) in [6.45, 7) is 11.9. The SMILES string of the molecule is CN1CCC(CN2CCN(C(=O)c3ccc4cc(-c5n[nH]c6c5CCC(C)(C)C6)[nH]c4c3)CC2)CC1. The number of hydrogen-bond acceptors (Lipinski definition) is 4. The Morgan fingerprint density at radius 1 is 1.08 bits per heavy atom. The number of carbonyl (C=O) groups excluding carboxylic acids is 1. The van der Waals surface area contributed by atoms with E-state index in [0.29, 0.717) is 5.41 Å². The van der Waals surface area contributed by atoms with E-state index in [1.54, 1.807) is 0 Å². The minimum atomic E-state index is 0.145. The normalized spacial score (nSPS) is 21.7. The van der Waals surface area contributed by atoms with Crippen LogP contribution >= 0.6 is 0 Å². The second-order valence-corrected chi connectivity index (χ2v) is 12.2. The van der Waals surface area contributed by atoms with Crippen molar-refractivity contribution in [3.05, 3.63) is 41.1 Å². The lowest BCUT2D eigenvalue weighted by molar-refractivity contribution is 0.0594. The fourth-order valence-electron chi connectivity index (χ4n) is 6.38. The van der Waals surface area contributed by atoms with Gasteiger partial charge in [-0.15, -0.1) is 0 Å². The number of aromatic amines is 2. The van der Waals surface area contributed by atoms with E-state index in [0.717, 1.165) is 72.8 Å². The van der Waals surface area contributed by atoms with Gasteiger partial charge in [0.2, 0.25) is 0 Å².